The standard InChI is InChI=1S/C10H17N3O6/c1-2-13(5-7(11)14)10(19)12-6(9(17)18)3-4-8(15)16/h6H,2-5H2,1H3,(H2,11,14)(H,12,19)(H,15,16)(H,17,18)/t6-/m0/s1. The molecule has 0 aromatic rings. The van der Waals surface area contributed by atoms with E-state index < -0.39 is 29.9 Å². The fourth-order valence-electron chi connectivity index (χ4n) is 1.28. The van der Waals surface area contributed by atoms with Gasteiger partial charge in [0.25, 0.3) is 0 Å². The molecule has 19 heavy (non-hydrogen) atoms. The van der Waals surface area contributed by atoms with Gasteiger partial charge in [-0.1, -0.05) is 0 Å². The maximum Gasteiger partial charge on any atom is 0.326 e. The second-order valence-electron chi connectivity index (χ2n) is 3.75. The first-order valence-electron chi connectivity index (χ1n) is 5.56. The Bertz CT molecular complexity index is 370. The van der Waals surface area contributed by atoms with Crippen LogP contribution in [0.5, 0.6) is 0 Å². The molecule has 9 heteroatoms. The van der Waals surface area contributed by atoms with Crippen molar-refractivity contribution in [1.82, 2.24) is 10.2 Å². The number of likely N-dealkylation sites (N-methyl/N-ethyl adjacent to an activating group) is 1. The molecule has 0 rings (SSSR count). The average molecular weight is 275 g/mol. The second-order valence-corrected chi connectivity index (χ2v) is 3.75. The van der Waals surface area contributed by atoms with Crippen molar-refractivity contribution in [2.45, 2.75) is 25.8 Å². The Labute approximate surface area is 109 Å². The van der Waals surface area contributed by atoms with Gasteiger partial charge in [-0.25, -0.2) is 9.59 Å². The van der Waals surface area contributed by atoms with E-state index >= 15 is 0 Å². The topological polar surface area (TPSA) is 150 Å². The van der Waals surface area contributed by atoms with Crippen LogP contribution in [0.2, 0.25) is 0 Å². The number of amides is 3. The molecular weight excluding hydrogens is 258 g/mol. The van der Waals surface area contributed by atoms with Crippen molar-refractivity contribution in [3.8, 4) is 0 Å². The summed E-state index contributed by atoms with van der Waals surface area (Å²) in [6.45, 7) is 1.42. The van der Waals surface area contributed by atoms with Gasteiger partial charge in [-0.3, -0.25) is 9.59 Å². The van der Waals surface area contributed by atoms with Crippen LogP contribution in [-0.4, -0.2) is 58.1 Å². The molecule has 1 atom stereocenters. The largest absolute Gasteiger partial charge is 0.481 e. The molecule has 0 aromatic carbocycles. The highest BCUT2D eigenvalue weighted by molar-refractivity contribution is 5.86. The van der Waals surface area contributed by atoms with Crippen molar-refractivity contribution in [3.05, 3.63) is 0 Å². The van der Waals surface area contributed by atoms with E-state index in [1.54, 1.807) is 6.92 Å². The van der Waals surface area contributed by atoms with Gasteiger partial charge in [0, 0.05) is 13.0 Å². The summed E-state index contributed by atoms with van der Waals surface area (Å²) in [4.78, 5) is 44.6. The number of urea groups is 1. The summed E-state index contributed by atoms with van der Waals surface area (Å²) in [5.74, 6) is -3.23. The van der Waals surface area contributed by atoms with Crippen LogP contribution < -0.4 is 11.1 Å². The molecule has 0 fully saturated rings. The number of carboxylic acids is 2. The Morgan fingerprint density at radius 1 is 1.26 bits per heavy atom. The average Bonchev–Trinajstić information content (AvgIpc) is 2.30. The SMILES string of the molecule is CCN(CC(N)=O)C(=O)N[C@@H](CCC(=O)O)C(=O)O. The highest BCUT2D eigenvalue weighted by Crippen LogP contribution is 2.00. The van der Waals surface area contributed by atoms with Gasteiger partial charge in [0.15, 0.2) is 0 Å². The van der Waals surface area contributed by atoms with Crippen molar-refractivity contribution in [1.29, 1.82) is 0 Å². The van der Waals surface area contributed by atoms with Gasteiger partial charge < -0.3 is 26.2 Å². The molecule has 5 N–H and O–H groups in total. The molecule has 0 aliphatic rings. The minimum absolute atomic E-state index is 0.167. The van der Waals surface area contributed by atoms with E-state index in [-0.39, 0.29) is 25.9 Å². The Balaban J connectivity index is 4.55. The third-order valence-corrected chi connectivity index (χ3v) is 2.26. The van der Waals surface area contributed by atoms with Gasteiger partial charge in [-0.05, 0) is 13.3 Å². The first kappa shape index (κ1) is 16.7. The fourth-order valence-corrected chi connectivity index (χ4v) is 1.28. The van der Waals surface area contributed by atoms with Crippen LogP contribution in [0.25, 0.3) is 0 Å². The zero-order chi connectivity index (χ0) is 15.0. The minimum Gasteiger partial charge on any atom is -0.481 e. The predicted molar refractivity (Wildman–Crippen MR) is 63.3 cm³/mol. The Morgan fingerprint density at radius 3 is 2.21 bits per heavy atom. The molecular formula is C10H17N3O6. The Morgan fingerprint density at radius 2 is 1.84 bits per heavy atom. The number of rotatable bonds is 8. The van der Waals surface area contributed by atoms with Crippen LogP contribution in [0.15, 0.2) is 0 Å². The third-order valence-electron chi connectivity index (χ3n) is 2.26. The molecule has 0 heterocycles. The van der Waals surface area contributed by atoms with Gasteiger partial charge in [0.05, 0.1) is 0 Å². The Hall–Kier alpha value is -2.32. The first-order chi connectivity index (χ1) is 8.77. The number of primary amides is 1. The predicted octanol–water partition coefficient (Wildman–Crippen LogP) is -1.18. The summed E-state index contributed by atoms with van der Waals surface area (Å²) in [5, 5.41) is 19.5. The number of carbonyl (C=O) groups excluding carboxylic acids is 2. The summed E-state index contributed by atoms with van der Waals surface area (Å²) >= 11 is 0. The monoisotopic (exact) mass is 275 g/mol. The van der Waals surface area contributed by atoms with Crippen molar-refractivity contribution < 1.29 is 29.4 Å². The van der Waals surface area contributed by atoms with Gasteiger partial charge in [0.1, 0.15) is 12.6 Å². The molecule has 9 nitrogen and oxygen atoms in total. The van der Waals surface area contributed by atoms with Crippen LogP contribution in [0, 0.1) is 0 Å². The normalized spacial score (nSPS) is 11.4. The lowest BCUT2D eigenvalue weighted by molar-refractivity contribution is -0.140. The molecule has 0 radical (unpaired) electrons. The summed E-state index contributed by atoms with van der Waals surface area (Å²) in [7, 11) is 0. The van der Waals surface area contributed by atoms with Gasteiger partial charge in [-0.15, -0.1) is 0 Å². The summed E-state index contributed by atoms with van der Waals surface area (Å²) in [5.41, 5.74) is 4.94. The number of carboxylic acid groups (broad SMARTS) is 2. The minimum atomic E-state index is -1.34. The highest BCUT2D eigenvalue weighted by atomic mass is 16.4. The van der Waals surface area contributed by atoms with Crippen LogP contribution in [-0.2, 0) is 14.4 Å². The lowest BCUT2D eigenvalue weighted by Gasteiger charge is -2.22. The van der Waals surface area contributed by atoms with Crippen LogP contribution in [0.3, 0.4) is 0 Å². The van der Waals surface area contributed by atoms with Gasteiger partial charge >= 0.3 is 18.0 Å². The van der Waals surface area contributed by atoms with E-state index in [2.05, 4.69) is 5.32 Å². The fraction of sp³-hybridized carbons (Fsp3) is 0.600. The number of carbonyl (C=O) groups is 4. The lowest BCUT2D eigenvalue weighted by atomic mass is 10.1. The maximum absolute atomic E-state index is 11.7. The summed E-state index contributed by atoms with van der Waals surface area (Å²) in [6, 6.07) is -2.11. The van der Waals surface area contributed by atoms with Crippen molar-refractivity contribution in [3.63, 3.8) is 0 Å². The number of hydrogen-bond acceptors (Lipinski definition) is 4. The zero-order valence-electron chi connectivity index (χ0n) is 10.5. The number of aliphatic carboxylic acids is 2. The number of hydrogen-bond donors (Lipinski definition) is 4. The van der Waals surface area contributed by atoms with Gasteiger partial charge in [0.2, 0.25) is 5.91 Å². The molecule has 0 saturated carbocycles. The molecule has 108 valence electrons. The van der Waals surface area contributed by atoms with E-state index in [9.17, 15) is 19.2 Å². The molecule has 0 unspecified atom stereocenters. The molecule has 0 saturated heterocycles. The summed E-state index contributed by atoms with van der Waals surface area (Å²) < 4.78 is 0. The van der Waals surface area contributed by atoms with Crippen LogP contribution in [0.1, 0.15) is 19.8 Å². The molecule has 0 aromatic heterocycles. The Kier molecular flexibility index (Phi) is 6.94. The lowest BCUT2D eigenvalue weighted by Crippen LogP contribution is -2.50. The van der Waals surface area contributed by atoms with E-state index in [0.717, 1.165) is 4.90 Å². The first-order valence-corrected chi connectivity index (χ1v) is 5.56. The summed E-state index contributed by atoms with van der Waals surface area (Å²) in [6.07, 6.45) is -0.635. The van der Waals surface area contributed by atoms with Crippen molar-refractivity contribution >= 4 is 23.9 Å². The van der Waals surface area contributed by atoms with Gasteiger partial charge in [-0.2, -0.15) is 0 Å². The molecule has 0 bridgehead atoms. The van der Waals surface area contributed by atoms with E-state index in [0.29, 0.717) is 0 Å². The van der Waals surface area contributed by atoms with Crippen molar-refractivity contribution in [2.75, 3.05) is 13.1 Å². The smallest absolute Gasteiger partial charge is 0.326 e. The molecule has 0 aliphatic heterocycles. The quantitative estimate of drug-likeness (QED) is 0.438. The number of nitrogens with zero attached hydrogens (tertiary/aromatic N) is 1. The van der Waals surface area contributed by atoms with Crippen LogP contribution in [0.4, 0.5) is 4.79 Å². The second kappa shape index (κ2) is 7.90. The molecule has 0 spiro atoms. The molecule has 3 amide bonds. The zero-order valence-corrected chi connectivity index (χ0v) is 10.5. The molecule has 0 aliphatic carbocycles. The number of nitrogens with one attached hydrogen (secondary N) is 1. The van der Waals surface area contributed by atoms with E-state index in [1.165, 1.54) is 0 Å². The number of nitrogens with two attached hydrogens (primary N) is 1. The maximum atomic E-state index is 11.7. The van der Waals surface area contributed by atoms with Crippen LogP contribution >= 0.6 is 0 Å². The van der Waals surface area contributed by atoms with Crippen molar-refractivity contribution in [2.24, 2.45) is 5.73 Å². The van der Waals surface area contributed by atoms with E-state index in [4.69, 9.17) is 15.9 Å². The van der Waals surface area contributed by atoms with E-state index in [1.807, 2.05) is 0 Å². The third kappa shape index (κ3) is 6.86. The highest BCUT2D eigenvalue weighted by Gasteiger charge is 2.23.